The first-order chi connectivity index (χ1) is 8.70. The van der Waals surface area contributed by atoms with Crippen molar-refractivity contribution in [2.75, 3.05) is 7.05 Å². The van der Waals surface area contributed by atoms with Gasteiger partial charge in [-0.2, -0.15) is 4.80 Å². The lowest BCUT2D eigenvalue weighted by atomic mass is 10.1. The van der Waals surface area contributed by atoms with Gasteiger partial charge in [-0.3, -0.25) is 0 Å². The van der Waals surface area contributed by atoms with Gasteiger partial charge in [0, 0.05) is 12.1 Å². The molecule has 0 unspecified atom stereocenters. The number of nitrogens with zero attached hydrogens (tertiary/aromatic N) is 4. The molecule has 0 aliphatic rings. The van der Waals surface area contributed by atoms with Crippen LogP contribution in [-0.4, -0.2) is 27.3 Å². The molecule has 1 N–H and O–H groups in total. The number of aryl methyl sites for hydroxylation is 2. The van der Waals surface area contributed by atoms with Crippen molar-refractivity contribution in [3.63, 3.8) is 0 Å². The van der Waals surface area contributed by atoms with Crippen LogP contribution < -0.4 is 10.1 Å². The quantitative estimate of drug-likeness (QED) is 0.847. The van der Waals surface area contributed by atoms with E-state index in [2.05, 4.69) is 20.7 Å². The second-order valence-corrected chi connectivity index (χ2v) is 4.08. The summed E-state index contributed by atoms with van der Waals surface area (Å²) in [5.41, 5.74) is 2.23. The first kappa shape index (κ1) is 12.5. The summed E-state index contributed by atoms with van der Waals surface area (Å²) in [6.07, 6.45) is 0. The fourth-order valence-electron chi connectivity index (χ4n) is 1.77. The summed E-state index contributed by atoms with van der Waals surface area (Å²) in [6, 6.07) is 6.09. The van der Waals surface area contributed by atoms with E-state index in [1.54, 1.807) is 7.05 Å². The minimum atomic E-state index is 0.329. The smallest absolute Gasteiger partial charge is 0.212 e. The molecule has 0 radical (unpaired) electrons. The number of rotatable bonds is 5. The molecule has 0 saturated carbocycles. The molecule has 0 aliphatic carbocycles. The normalized spacial score (nSPS) is 10.6. The van der Waals surface area contributed by atoms with Crippen LogP contribution in [0, 0.1) is 6.92 Å². The second-order valence-electron chi connectivity index (χ2n) is 4.08. The van der Waals surface area contributed by atoms with E-state index in [9.17, 15) is 0 Å². The summed E-state index contributed by atoms with van der Waals surface area (Å²) in [7, 11) is 3.65. The SMILES string of the molecule is CNCc1cccc(C)c1OCc1nnn(C)n1. The molecule has 2 rings (SSSR count). The van der Waals surface area contributed by atoms with Crippen LogP contribution in [0.3, 0.4) is 0 Å². The van der Waals surface area contributed by atoms with E-state index >= 15 is 0 Å². The molecular weight excluding hydrogens is 230 g/mol. The Morgan fingerprint density at radius 2 is 2.22 bits per heavy atom. The van der Waals surface area contributed by atoms with Gasteiger partial charge in [0.2, 0.25) is 5.82 Å². The lowest BCUT2D eigenvalue weighted by molar-refractivity contribution is 0.289. The molecule has 0 saturated heterocycles. The highest BCUT2D eigenvalue weighted by Crippen LogP contribution is 2.23. The van der Waals surface area contributed by atoms with Crippen molar-refractivity contribution < 1.29 is 4.74 Å². The maximum atomic E-state index is 5.80. The number of para-hydroxylation sites is 1. The first-order valence-electron chi connectivity index (χ1n) is 5.79. The lowest BCUT2D eigenvalue weighted by Gasteiger charge is -2.12. The summed E-state index contributed by atoms with van der Waals surface area (Å²) in [5.74, 6) is 1.47. The average molecular weight is 247 g/mol. The van der Waals surface area contributed by atoms with Gasteiger partial charge < -0.3 is 10.1 Å². The van der Waals surface area contributed by atoms with Crippen molar-refractivity contribution in [3.8, 4) is 5.75 Å². The van der Waals surface area contributed by atoms with Crippen LogP contribution in [0.25, 0.3) is 0 Å². The van der Waals surface area contributed by atoms with Crippen molar-refractivity contribution in [2.45, 2.75) is 20.1 Å². The molecule has 0 bridgehead atoms. The molecule has 2 aromatic rings. The Morgan fingerprint density at radius 1 is 1.39 bits per heavy atom. The Morgan fingerprint density at radius 3 is 2.89 bits per heavy atom. The van der Waals surface area contributed by atoms with Crippen molar-refractivity contribution in [3.05, 3.63) is 35.2 Å². The van der Waals surface area contributed by atoms with Gasteiger partial charge in [-0.05, 0) is 24.7 Å². The number of ether oxygens (including phenoxy) is 1. The van der Waals surface area contributed by atoms with E-state index in [-0.39, 0.29) is 0 Å². The third kappa shape index (κ3) is 2.84. The molecule has 1 heterocycles. The average Bonchev–Trinajstić information content (AvgIpc) is 2.75. The zero-order valence-electron chi connectivity index (χ0n) is 10.8. The van der Waals surface area contributed by atoms with Crippen LogP contribution in [0.15, 0.2) is 18.2 Å². The molecule has 0 fully saturated rings. The molecule has 6 heteroatoms. The van der Waals surface area contributed by atoms with E-state index in [0.717, 1.165) is 23.4 Å². The van der Waals surface area contributed by atoms with Crippen LogP contribution in [0.1, 0.15) is 17.0 Å². The van der Waals surface area contributed by atoms with Gasteiger partial charge in [-0.1, -0.05) is 18.2 Å². The number of nitrogens with one attached hydrogen (secondary N) is 1. The van der Waals surface area contributed by atoms with Crippen LogP contribution in [0.4, 0.5) is 0 Å². The predicted molar refractivity (Wildman–Crippen MR) is 67.1 cm³/mol. The molecule has 96 valence electrons. The predicted octanol–water partition coefficient (Wildman–Crippen LogP) is 0.817. The summed E-state index contributed by atoms with van der Waals surface area (Å²) in [6.45, 7) is 3.12. The molecule has 6 nitrogen and oxygen atoms in total. The number of tetrazole rings is 1. The monoisotopic (exact) mass is 247 g/mol. The highest BCUT2D eigenvalue weighted by molar-refractivity contribution is 5.40. The zero-order valence-corrected chi connectivity index (χ0v) is 10.8. The van der Waals surface area contributed by atoms with Crippen LogP contribution >= 0.6 is 0 Å². The zero-order chi connectivity index (χ0) is 13.0. The third-order valence-corrected chi connectivity index (χ3v) is 2.56. The molecule has 0 spiro atoms. The van der Waals surface area contributed by atoms with E-state index in [1.165, 1.54) is 4.80 Å². The summed E-state index contributed by atoms with van der Waals surface area (Å²) in [5, 5.41) is 14.9. The third-order valence-electron chi connectivity index (χ3n) is 2.56. The standard InChI is InChI=1S/C12H17N5O/c1-9-5-4-6-10(7-13-2)12(9)18-8-11-14-16-17(3)15-11/h4-6,13H,7-8H2,1-3H3. The van der Waals surface area contributed by atoms with Gasteiger partial charge in [0.15, 0.2) is 6.61 Å². The Labute approximate surface area is 106 Å². The topological polar surface area (TPSA) is 64.9 Å². The van der Waals surface area contributed by atoms with Crippen molar-refractivity contribution >= 4 is 0 Å². The molecule has 1 aromatic carbocycles. The molecule has 0 atom stereocenters. The Bertz CT molecular complexity index is 523. The minimum absolute atomic E-state index is 0.329. The summed E-state index contributed by atoms with van der Waals surface area (Å²) in [4.78, 5) is 1.42. The van der Waals surface area contributed by atoms with Crippen molar-refractivity contribution in [2.24, 2.45) is 7.05 Å². The second kappa shape index (κ2) is 5.59. The minimum Gasteiger partial charge on any atom is -0.485 e. The molecule has 0 aliphatic heterocycles. The summed E-state index contributed by atoms with van der Waals surface area (Å²) >= 11 is 0. The van der Waals surface area contributed by atoms with Crippen LogP contribution in [0.2, 0.25) is 0 Å². The maximum Gasteiger partial charge on any atom is 0.212 e. The van der Waals surface area contributed by atoms with E-state index < -0.39 is 0 Å². The van der Waals surface area contributed by atoms with E-state index in [0.29, 0.717) is 12.4 Å². The number of aromatic nitrogens is 4. The Kier molecular flexibility index (Phi) is 3.88. The van der Waals surface area contributed by atoms with Gasteiger partial charge in [0.25, 0.3) is 0 Å². The fourth-order valence-corrected chi connectivity index (χ4v) is 1.77. The number of hydrogen-bond acceptors (Lipinski definition) is 5. The molecular formula is C12H17N5O. The first-order valence-corrected chi connectivity index (χ1v) is 5.79. The van der Waals surface area contributed by atoms with Gasteiger partial charge in [-0.25, -0.2) is 0 Å². The van der Waals surface area contributed by atoms with Gasteiger partial charge in [0.1, 0.15) is 5.75 Å². The van der Waals surface area contributed by atoms with Crippen molar-refractivity contribution in [1.82, 2.24) is 25.5 Å². The van der Waals surface area contributed by atoms with Crippen molar-refractivity contribution in [1.29, 1.82) is 0 Å². The van der Waals surface area contributed by atoms with Gasteiger partial charge in [0.05, 0.1) is 7.05 Å². The number of hydrogen-bond donors (Lipinski definition) is 1. The maximum absolute atomic E-state index is 5.80. The summed E-state index contributed by atoms with van der Waals surface area (Å²) < 4.78 is 5.80. The molecule has 1 aromatic heterocycles. The largest absolute Gasteiger partial charge is 0.485 e. The Hall–Kier alpha value is -1.95. The fraction of sp³-hybridized carbons (Fsp3) is 0.417. The Balaban J connectivity index is 2.12. The molecule has 0 amide bonds. The van der Waals surface area contributed by atoms with Gasteiger partial charge in [-0.15, -0.1) is 10.2 Å². The number of benzene rings is 1. The molecule has 18 heavy (non-hydrogen) atoms. The van der Waals surface area contributed by atoms with E-state index in [1.807, 2.05) is 32.2 Å². The lowest BCUT2D eigenvalue weighted by Crippen LogP contribution is -2.09. The van der Waals surface area contributed by atoms with E-state index in [4.69, 9.17) is 4.74 Å². The van der Waals surface area contributed by atoms with Crippen LogP contribution in [0.5, 0.6) is 5.75 Å². The highest BCUT2D eigenvalue weighted by Gasteiger charge is 2.08. The van der Waals surface area contributed by atoms with Crippen LogP contribution in [-0.2, 0) is 20.2 Å². The highest BCUT2D eigenvalue weighted by atomic mass is 16.5. The van der Waals surface area contributed by atoms with Gasteiger partial charge >= 0.3 is 0 Å².